The molecule has 0 unspecified atom stereocenters. The highest BCUT2D eigenvalue weighted by molar-refractivity contribution is 6.03. The molecule has 14 nitrogen and oxygen atoms in total. The molecule has 1 saturated heterocycles. The maximum absolute atomic E-state index is 13.8. The quantitative estimate of drug-likeness (QED) is 0.285. The van der Waals surface area contributed by atoms with E-state index in [4.69, 9.17) is 9.47 Å². The molecular weight excluding hydrogens is 658 g/mol. The van der Waals surface area contributed by atoms with Crippen LogP contribution in [0, 0.1) is 0 Å². The molecule has 0 aliphatic carbocycles. The molecule has 3 atom stereocenters. The van der Waals surface area contributed by atoms with Gasteiger partial charge in [0.1, 0.15) is 18.7 Å². The number of nitrogens with one attached hydrogen (secondary N) is 4. The van der Waals surface area contributed by atoms with Crippen molar-refractivity contribution in [3.8, 4) is 11.1 Å². The summed E-state index contributed by atoms with van der Waals surface area (Å²) in [6.07, 6.45) is 0.764. The molecule has 2 aliphatic heterocycles. The number of nitrogens with zero attached hydrogens (tertiary/aromatic N) is 1. The number of hydrogen-bond acceptors (Lipinski definition) is 9. The third-order valence-corrected chi connectivity index (χ3v) is 8.61. The Bertz CT molecular complexity index is 1800. The van der Waals surface area contributed by atoms with Crippen LogP contribution in [-0.2, 0) is 51.1 Å². The van der Waals surface area contributed by atoms with Crippen LogP contribution in [0.4, 0.5) is 0 Å². The third-order valence-electron chi connectivity index (χ3n) is 8.61. The Kier molecular flexibility index (Phi) is 12.1. The number of carbonyl (C=O) groups excluding carboxylic acids is 7. The Morgan fingerprint density at radius 2 is 1.59 bits per heavy atom. The van der Waals surface area contributed by atoms with E-state index in [1.807, 2.05) is 30.3 Å². The van der Waals surface area contributed by atoms with Gasteiger partial charge in [0.25, 0.3) is 5.91 Å². The molecule has 3 aromatic carbocycles. The molecule has 5 rings (SSSR count). The van der Waals surface area contributed by atoms with Crippen molar-refractivity contribution in [2.24, 2.45) is 0 Å². The molecule has 51 heavy (non-hydrogen) atoms. The number of esters is 2. The molecule has 5 amide bonds. The zero-order valence-electron chi connectivity index (χ0n) is 28.0. The topological polar surface area (TPSA) is 189 Å². The summed E-state index contributed by atoms with van der Waals surface area (Å²) in [5, 5.41) is 10.4. The summed E-state index contributed by atoms with van der Waals surface area (Å²) in [7, 11) is 1.13. The fourth-order valence-electron chi connectivity index (χ4n) is 6.02. The van der Waals surface area contributed by atoms with Crippen LogP contribution in [0.3, 0.4) is 0 Å². The van der Waals surface area contributed by atoms with Crippen molar-refractivity contribution in [3.63, 3.8) is 0 Å². The number of methoxy groups -OCH3 is 1. The van der Waals surface area contributed by atoms with Crippen LogP contribution in [0.25, 0.3) is 11.1 Å². The molecule has 3 aromatic rings. The van der Waals surface area contributed by atoms with Crippen molar-refractivity contribution in [3.05, 3.63) is 95.6 Å². The number of ether oxygens (including phenoxy) is 2. The first-order chi connectivity index (χ1) is 24.6. The van der Waals surface area contributed by atoms with Gasteiger partial charge in [-0.05, 0) is 41.2 Å². The van der Waals surface area contributed by atoms with Crippen LogP contribution >= 0.6 is 0 Å². The van der Waals surface area contributed by atoms with Crippen LogP contribution in [0.5, 0.6) is 0 Å². The van der Waals surface area contributed by atoms with Crippen LogP contribution in [0.1, 0.15) is 34.3 Å². The van der Waals surface area contributed by atoms with E-state index in [0.29, 0.717) is 29.5 Å². The first-order valence-corrected chi connectivity index (χ1v) is 16.5. The predicted octanol–water partition coefficient (Wildman–Crippen LogP) is 0.675. The summed E-state index contributed by atoms with van der Waals surface area (Å²) in [6, 6.07) is 19.5. The lowest BCUT2D eigenvalue weighted by atomic mass is 9.96. The van der Waals surface area contributed by atoms with Gasteiger partial charge in [-0.3, -0.25) is 28.8 Å². The van der Waals surface area contributed by atoms with Crippen LogP contribution < -0.4 is 21.3 Å². The molecule has 14 heteroatoms. The van der Waals surface area contributed by atoms with Gasteiger partial charge in [0.15, 0.2) is 6.04 Å². The van der Waals surface area contributed by atoms with E-state index in [2.05, 4.69) is 21.3 Å². The van der Waals surface area contributed by atoms with E-state index >= 15 is 0 Å². The molecule has 2 heterocycles. The fraction of sp³-hybridized carbons (Fsp3) is 0.324. The van der Waals surface area contributed by atoms with Gasteiger partial charge in [-0.1, -0.05) is 72.8 Å². The van der Waals surface area contributed by atoms with Crippen molar-refractivity contribution in [2.45, 2.75) is 43.8 Å². The van der Waals surface area contributed by atoms with Gasteiger partial charge < -0.3 is 35.6 Å². The summed E-state index contributed by atoms with van der Waals surface area (Å²) in [4.78, 5) is 93.0. The zero-order valence-corrected chi connectivity index (χ0v) is 28.0. The second-order valence-electron chi connectivity index (χ2n) is 12.1. The molecular formula is C37H39N5O9. The zero-order chi connectivity index (χ0) is 36.3. The summed E-state index contributed by atoms with van der Waals surface area (Å²) in [6.45, 7) is -1.19. The van der Waals surface area contributed by atoms with E-state index in [1.54, 1.807) is 48.5 Å². The Balaban J connectivity index is 1.44. The number of rotatable bonds is 3. The minimum absolute atomic E-state index is 0.132. The van der Waals surface area contributed by atoms with Crippen molar-refractivity contribution < 1.29 is 43.0 Å². The van der Waals surface area contributed by atoms with Gasteiger partial charge in [0, 0.05) is 18.5 Å². The third kappa shape index (κ3) is 9.56. The number of benzene rings is 3. The summed E-state index contributed by atoms with van der Waals surface area (Å²) in [5.41, 5.74) is 2.76. The summed E-state index contributed by atoms with van der Waals surface area (Å²) in [5.74, 6) is -4.51. The predicted molar refractivity (Wildman–Crippen MR) is 183 cm³/mol. The van der Waals surface area contributed by atoms with E-state index in [1.165, 1.54) is 4.90 Å². The number of hydrogen-bond donors (Lipinski definition) is 4. The molecule has 0 radical (unpaired) electrons. The smallest absolute Gasteiger partial charge is 0.331 e. The highest BCUT2D eigenvalue weighted by atomic mass is 16.5. The standard InChI is InChI=1S/C37H39N5O9/c1-50-37(49)29-22-51-33(45)19-24-11-7-12-25(17-24)26-13-5-6-14-27(26)34(46)40-28(18-23-9-3-2-4-10-23)35(47)39-20-31(43)38-21-32(44)42-16-8-15-30(42)36(48)41-29/h2-7,9-14,17,28-30H,8,15-16,18-22H2,1H3,(H,38,43)(H,39,47)(H,40,46)(H,41,48)/t28-,29-,30-/m0/s1. The maximum Gasteiger partial charge on any atom is 0.331 e. The molecule has 0 saturated carbocycles. The largest absolute Gasteiger partial charge is 0.467 e. The average molecular weight is 698 g/mol. The first kappa shape index (κ1) is 36.2. The van der Waals surface area contributed by atoms with Crippen molar-refractivity contribution in [2.75, 3.05) is 33.4 Å². The lowest BCUT2D eigenvalue weighted by molar-refractivity contribution is -0.152. The Morgan fingerprint density at radius 3 is 2.35 bits per heavy atom. The van der Waals surface area contributed by atoms with E-state index in [0.717, 1.165) is 12.7 Å². The van der Waals surface area contributed by atoms with E-state index in [-0.39, 0.29) is 24.9 Å². The fourth-order valence-corrected chi connectivity index (χ4v) is 6.02. The van der Waals surface area contributed by atoms with Crippen molar-refractivity contribution >= 4 is 41.5 Å². The van der Waals surface area contributed by atoms with Crippen LogP contribution in [0.15, 0.2) is 78.9 Å². The molecule has 4 N–H and O–H groups in total. The number of carbonyl (C=O) groups is 7. The molecule has 0 aromatic heterocycles. The molecule has 266 valence electrons. The van der Waals surface area contributed by atoms with Crippen molar-refractivity contribution in [1.29, 1.82) is 0 Å². The number of cyclic esters (lactones) is 1. The molecule has 1 fully saturated rings. The normalized spacial score (nSPS) is 21.0. The monoisotopic (exact) mass is 697 g/mol. The van der Waals surface area contributed by atoms with Gasteiger partial charge in [0.05, 0.1) is 26.6 Å². The van der Waals surface area contributed by atoms with E-state index < -0.39 is 79.3 Å². The Morgan fingerprint density at radius 1 is 0.843 bits per heavy atom. The highest BCUT2D eigenvalue weighted by Crippen LogP contribution is 2.25. The Labute approximate surface area is 294 Å². The highest BCUT2D eigenvalue weighted by Gasteiger charge is 2.36. The SMILES string of the molecule is COC(=O)[C@@H]1COC(=O)Cc2cccc(c2)-c2ccccc2C(=O)N[C@@H](Cc2ccccc2)C(=O)NCC(=O)NCC(=O)N2CCC[C@H]2C(=O)N1. The van der Waals surface area contributed by atoms with E-state index in [9.17, 15) is 33.6 Å². The van der Waals surface area contributed by atoms with Crippen LogP contribution in [0.2, 0.25) is 0 Å². The molecule has 2 aliphatic rings. The Hall–Kier alpha value is -6.05. The van der Waals surface area contributed by atoms with Crippen molar-refractivity contribution in [1.82, 2.24) is 26.2 Å². The average Bonchev–Trinajstić information content (AvgIpc) is 3.64. The number of fused-ring (bicyclic) bond motifs is 5. The minimum atomic E-state index is -1.33. The lowest BCUT2D eigenvalue weighted by Crippen LogP contribution is -2.54. The second-order valence-corrected chi connectivity index (χ2v) is 12.1. The van der Waals surface area contributed by atoms with Gasteiger partial charge in [-0.2, -0.15) is 0 Å². The maximum atomic E-state index is 13.8. The summed E-state index contributed by atoms with van der Waals surface area (Å²) >= 11 is 0. The van der Waals surface area contributed by atoms with Gasteiger partial charge in [0.2, 0.25) is 23.6 Å². The van der Waals surface area contributed by atoms with Crippen LogP contribution in [-0.4, -0.2) is 97.9 Å². The van der Waals surface area contributed by atoms with Gasteiger partial charge in [-0.15, -0.1) is 0 Å². The molecule has 0 spiro atoms. The van der Waals surface area contributed by atoms with Gasteiger partial charge >= 0.3 is 11.9 Å². The number of amides is 5. The lowest BCUT2D eigenvalue weighted by Gasteiger charge is -2.26. The van der Waals surface area contributed by atoms with Gasteiger partial charge in [-0.25, -0.2) is 4.79 Å². The summed E-state index contributed by atoms with van der Waals surface area (Å²) < 4.78 is 10.2. The second kappa shape index (κ2) is 17.1. The first-order valence-electron chi connectivity index (χ1n) is 16.5. The minimum Gasteiger partial charge on any atom is -0.467 e. The molecule has 2 bridgehead atoms.